The molecule has 1 aromatic heterocycles. The molecule has 0 aliphatic rings. The lowest BCUT2D eigenvalue weighted by Gasteiger charge is -2.13. The molecule has 282 valence electrons. The first kappa shape index (κ1) is 38.0. The molecule has 1 amide bonds. The maximum absolute atomic E-state index is 13.4. The Morgan fingerprint density at radius 1 is 0.800 bits per heavy atom. The molecule has 0 bridgehead atoms. The molecule has 17 nitrogen and oxygen atoms in total. The second-order valence-corrected chi connectivity index (χ2v) is 13.0. The van der Waals surface area contributed by atoms with Crippen molar-refractivity contribution in [3.05, 3.63) is 109 Å². The predicted octanol–water partition coefficient (Wildman–Crippen LogP) is 6.56. The number of azo groups is 1. The van der Waals surface area contributed by atoms with E-state index < -0.39 is 16.0 Å². The number of aliphatic hydroxyl groups excluding tert-OH is 1. The highest BCUT2D eigenvalue weighted by atomic mass is 32.2. The lowest BCUT2D eigenvalue weighted by molar-refractivity contribution is 0.0991. The summed E-state index contributed by atoms with van der Waals surface area (Å²) in [6, 6.07) is 27.8. The van der Waals surface area contributed by atoms with Crippen molar-refractivity contribution in [3.8, 4) is 11.5 Å². The fraction of sp³-hybridized carbons (Fsp3) is 0.135. The first-order chi connectivity index (χ1) is 26.6. The summed E-state index contributed by atoms with van der Waals surface area (Å²) in [5.74, 6) is 0.0294. The predicted molar refractivity (Wildman–Crippen MR) is 206 cm³/mol. The molecule has 0 aliphatic heterocycles. The number of phenolic OH excluding ortho intramolecular Hbond substituents is 1. The molecule has 0 aliphatic carbocycles. The van der Waals surface area contributed by atoms with Gasteiger partial charge in [-0.05, 0) is 72.1 Å². The van der Waals surface area contributed by atoms with Gasteiger partial charge in [-0.3, -0.25) is 9.35 Å². The Morgan fingerprint density at radius 3 is 2.11 bits per heavy atom. The van der Waals surface area contributed by atoms with Crippen LogP contribution in [0.25, 0.3) is 10.8 Å². The summed E-state index contributed by atoms with van der Waals surface area (Å²) in [6.45, 7) is 0.672. The minimum atomic E-state index is -4.36. The average Bonchev–Trinajstić information content (AvgIpc) is 3.18. The smallest absolute Gasteiger partial charge is 0.294 e. The monoisotopic (exact) mass is 765 g/mol. The third-order valence-corrected chi connectivity index (χ3v) is 8.66. The minimum absolute atomic E-state index is 0.00553. The van der Waals surface area contributed by atoms with Crippen molar-refractivity contribution in [3.63, 3.8) is 0 Å². The number of hydrogen-bond donors (Lipinski definition) is 7. The summed E-state index contributed by atoms with van der Waals surface area (Å²) in [7, 11) is -2.87. The molecular weight excluding hydrogens is 731 g/mol. The zero-order valence-corrected chi connectivity index (χ0v) is 30.0. The number of aromatic nitrogens is 3. The van der Waals surface area contributed by atoms with E-state index in [1.54, 1.807) is 66.7 Å². The maximum atomic E-state index is 13.4. The molecule has 0 unspecified atom stereocenters. The standard InChI is InChI=1S/C37H35N9O8S/c1-53-31-9-5-4-8-30(31)41-34(49)29-22-23-6-2-3-7-28(23)32(33(29)48)46-45-26-12-10-24(11-13-26)39-36-42-35(38-18-20-54-21-19-47)43-37(44-36)40-25-14-16-27(17-15-25)55(50,51)52/h2-17,22,47-48H,18-21H2,1H3,(H,41,49)(H,50,51,52)(H3,38,39,40,42,43,44). The Labute approximate surface area is 314 Å². The molecule has 0 saturated heterocycles. The van der Waals surface area contributed by atoms with Crippen LogP contribution in [0, 0.1) is 0 Å². The molecular formula is C37H35N9O8S. The van der Waals surface area contributed by atoms with Crippen molar-refractivity contribution >= 4 is 73.1 Å². The normalized spacial score (nSPS) is 11.4. The zero-order chi connectivity index (χ0) is 38.8. The number of carbonyl (C=O) groups is 1. The van der Waals surface area contributed by atoms with Crippen LogP contribution in [0.4, 0.5) is 46.3 Å². The number of nitrogens with zero attached hydrogens (tertiary/aromatic N) is 5. The van der Waals surface area contributed by atoms with E-state index in [1.807, 2.05) is 12.1 Å². The van der Waals surface area contributed by atoms with Gasteiger partial charge in [-0.25, -0.2) is 0 Å². The Morgan fingerprint density at radius 2 is 1.44 bits per heavy atom. The number of ether oxygens (including phenoxy) is 2. The van der Waals surface area contributed by atoms with Crippen molar-refractivity contribution < 1.29 is 37.5 Å². The number of carbonyl (C=O) groups excluding carboxylic acids is 1. The van der Waals surface area contributed by atoms with Gasteiger partial charge in [-0.1, -0.05) is 36.4 Å². The Balaban J connectivity index is 1.21. The fourth-order valence-electron chi connectivity index (χ4n) is 5.19. The van der Waals surface area contributed by atoms with E-state index in [0.717, 1.165) is 0 Å². The number of anilines is 6. The van der Waals surface area contributed by atoms with Crippen LogP contribution in [0.5, 0.6) is 11.5 Å². The SMILES string of the molecule is COc1ccccc1NC(=O)c1cc2ccccc2c(N=Nc2ccc(Nc3nc(NCCOCCO)nc(Nc4ccc(S(=O)(=O)O)cc4)n3)cc2)c1O. The number of amides is 1. The molecule has 1 heterocycles. The topological polar surface area (TPSA) is 242 Å². The quantitative estimate of drug-likeness (QED) is 0.0314. The van der Waals surface area contributed by atoms with E-state index >= 15 is 0 Å². The Hall–Kier alpha value is -6.73. The summed E-state index contributed by atoms with van der Waals surface area (Å²) in [5, 5.41) is 42.1. The number of rotatable bonds is 16. The highest BCUT2D eigenvalue weighted by molar-refractivity contribution is 7.85. The van der Waals surface area contributed by atoms with Gasteiger partial charge in [-0.15, -0.1) is 5.11 Å². The van der Waals surface area contributed by atoms with E-state index in [4.69, 9.17) is 14.6 Å². The molecule has 0 fully saturated rings. The van der Waals surface area contributed by atoms with Gasteiger partial charge < -0.3 is 41.0 Å². The van der Waals surface area contributed by atoms with Crippen LogP contribution < -0.4 is 26.0 Å². The fourth-order valence-corrected chi connectivity index (χ4v) is 5.67. The molecule has 6 rings (SSSR count). The van der Waals surface area contributed by atoms with E-state index in [2.05, 4.69) is 46.4 Å². The lowest BCUT2D eigenvalue weighted by Crippen LogP contribution is -2.15. The van der Waals surface area contributed by atoms with Gasteiger partial charge in [0.2, 0.25) is 17.8 Å². The first-order valence-electron chi connectivity index (χ1n) is 16.6. The molecule has 0 saturated carbocycles. The Bertz CT molecular complexity index is 2430. The van der Waals surface area contributed by atoms with Gasteiger partial charge in [0.15, 0.2) is 5.75 Å². The number of fused-ring (bicyclic) bond motifs is 1. The van der Waals surface area contributed by atoms with Crippen LogP contribution >= 0.6 is 0 Å². The molecule has 5 aromatic carbocycles. The summed E-state index contributed by atoms with van der Waals surface area (Å²) >= 11 is 0. The van der Waals surface area contributed by atoms with Gasteiger partial charge >= 0.3 is 0 Å². The van der Waals surface area contributed by atoms with Crippen molar-refractivity contribution in [1.29, 1.82) is 0 Å². The van der Waals surface area contributed by atoms with Crippen molar-refractivity contribution in [2.24, 2.45) is 10.2 Å². The van der Waals surface area contributed by atoms with E-state index in [9.17, 15) is 22.9 Å². The summed E-state index contributed by atoms with van der Waals surface area (Å²) < 4.78 is 42.8. The number of hydrogen-bond acceptors (Lipinski definition) is 15. The van der Waals surface area contributed by atoms with Crippen LogP contribution in [-0.4, -0.2) is 77.5 Å². The first-order valence-corrected chi connectivity index (χ1v) is 18.1. The van der Waals surface area contributed by atoms with Gasteiger partial charge in [0.25, 0.3) is 16.0 Å². The third kappa shape index (κ3) is 9.83. The van der Waals surface area contributed by atoms with Gasteiger partial charge in [0, 0.05) is 23.3 Å². The molecule has 0 spiro atoms. The number of aromatic hydroxyl groups is 1. The van der Waals surface area contributed by atoms with Crippen LogP contribution in [0.2, 0.25) is 0 Å². The van der Waals surface area contributed by atoms with Crippen LogP contribution in [0.1, 0.15) is 10.4 Å². The highest BCUT2D eigenvalue weighted by Crippen LogP contribution is 2.40. The maximum Gasteiger partial charge on any atom is 0.294 e. The summed E-state index contributed by atoms with van der Waals surface area (Å²) in [4.78, 5) is 26.3. The third-order valence-electron chi connectivity index (χ3n) is 7.79. The zero-order valence-electron chi connectivity index (χ0n) is 29.2. The van der Waals surface area contributed by atoms with Crippen molar-refractivity contribution in [2.45, 2.75) is 4.90 Å². The second kappa shape index (κ2) is 17.4. The largest absolute Gasteiger partial charge is 0.505 e. The molecule has 0 atom stereocenters. The number of aliphatic hydroxyl groups is 1. The minimum Gasteiger partial charge on any atom is -0.505 e. The molecule has 6 aromatic rings. The number of phenols is 1. The van der Waals surface area contributed by atoms with Gasteiger partial charge in [-0.2, -0.15) is 28.5 Å². The summed E-state index contributed by atoms with van der Waals surface area (Å²) in [6.07, 6.45) is 0. The average molecular weight is 766 g/mol. The highest BCUT2D eigenvalue weighted by Gasteiger charge is 2.20. The number of para-hydroxylation sites is 2. The lowest BCUT2D eigenvalue weighted by atomic mass is 10.0. The molecule has 7 N–H and O–H groups in total. The Kier molecular flexibility index (Phi) is 12.0. The van der Waals surface area contributed by atoms with Gasteiger partial charge in [0.1, 0.15) is 11.4 Å². The van der Waals surface area contributed by atoms with Crippen LogP contribution in [-0.2, 0) is 14.9 Å². The van der Waals surface area contributed by atoms with Crippen molar-refractivity contribution in [2.75, 3.05) is 54.7 Å². The molecule has 18 heteroatoms. The molecule has 55 heavy (non-hydrogen) atoms. The van der Waals surface area contributed by atoms with E-state index in [-0.39, 0.29) is 59.6 Å². The second-order valence-electron chi connectivity index (χ2n) is 11.6. The van der Waals surface area contributed by atoms with Gasteiger partial charge in [0.05, 0.1) is 48.8 Å². The number of benzene rings is 5. The van der Waals surface area contributed by atoms with E-state index in [0.29, 0.717) is 45.8 Å². The van der Waals surface area contributed by atoms with Crippen molar-refractivity contribution in [1.82, 2.24) is 15.0 Å². The summed E-state index contributed by atoms with van der Waals surface area (Å²) in [5.41, 5.74) is 2.02. The van der Waals surface area contributed by atoms with Crippen LogP contribution in [0.15, 0.2) is 118 Å². The van der Waals surface area contributed by atoms with E-state index in [1.165, 1.54) is 31.4 Å². The van der Waals surface area contributed by atoms with Crippen LogP contribution in [0.3, 0.4) is 0 Å². The number of nitrogens with one attached hydrogen (secondary N) is 4. The molecule has 0 radical (unpaired) electrons. The number of methoxy groups -OCH3 is 1.